The van der Waals surface area contributed by atoms with Crippen LogP contribution in [0.25, 0.3) is 11.1 Å². The topological polar surface area (TPSA) is 77.2 Å². The Morgan fingerprint density at radius 1 is 1.13 bits per heavy atom. The number of likely N-dealkylation sites (tertiary alicyclic amines) is 1. The predicted octanol–water partition coefficient (Wildman–Crippen LogP) is 3.31. The summed E-state index contributed by atoms with van der Waals surface area (Å²) in [7, 11) is 0. The molecule has 0 spiro atoms. The number of hydrogen-bond donors (Lipinski definition) is 1. The van der Waals surface area contributed by atoms with Crippen LogP contribution in [0.15, 0.2) is 73.1 Å². The second kappa shape index (κ2) is 8.44. The van der Waals surface area contributed by atoms with Crippen molar-refractivity contribution < 1.29 is 14.3 Å². The molecule has 0 unspecified atom stereocenters. The SMILES string of the molecule is N#C[C@H]1[C@@H](c2ccccc2-c2ccc(F)cc2)[C@H](CO)N1C(=O)Cc1cccnc1. The number of benzene rings is 2. The van der Waals surface area contributed by atoms with E-state index in [4.69, 9.17) is 0 Å². The third-order valence-electron chi connectivity index (χ3n) is 5.57. The summed E-state index contributed by atoms with van der Waals surface area (Å²) in [6.45, 7) is -0.251. The molecule has 3 atom stereocenters. The Kier molecular flexibility index (Phi) is 5.55. The molecule has 5 nitrogen and oxygen atoms in total. The van der Waals surface area contributed by atoms with Gasteiger partial charge in [0.05, 0.1) is 25.1 Å². The van der Waals surface area contributed by atoms with Gasteiger partial charge in [0.1, 0.15) is 11.9 Å². The molecular formula is C24H20FN3O2. The normalized spacial score (nSPS) is 20.3. The molecule has 4 rings (SSSR count). The number of aliphatic hydroxyl groups is 1. The van der Waals surface area contributed by atoms with Gasteiger partial charge >= 0.3 is 0 Å². The number of nitriles is 1. The van der Waals surface area contributed by atoms with E-state index in [0.717, 1.165) is 22.3 Å². The molecule has 30 heavy (non-hydrogen) atoms. The molecular weight excluding hydrogens is 381 g/mol. The molecule has 2 heterocycles. The lowest BCUT2D eigenvalue weighted by Crippen LogP contribution is -2.65. The first-order chi connectivity index (χ1) is 14.6. The van der Waals surface area contributed by atoms with Gasteiger partial charge in [-0.1, -0.05) is 42.5 Å². The van der Waals surface area contributed by atoms with Crippen molar-refractivity contribution in [1.29, 1.82) is 5.26 Å². The van der Waals surface area contributed by atoms with Gasteiger partial charge in [0, 0.05) is 18.3 Å². The number of halogens is 1. The first-order valence-corrected chi connectivity index (χ1v) is 9.69. The van der Waals surface area contributed by atoms with Gasteiger partial charge < -0.3 is 10.0 Å². The summed E-state index contributed by atoms with van der Waals surface area (Å²) < 4.78 is 13.4. The highest BCUT2D eigenvalue weighted by molar-refractivity contribution is 5.82. The Hall–Kier alpha value is -3.56. The fraction of sp³-hybridized carbons (Fsp3) is 0.208. The minimum atomic E-state index is -0.687. The second-order valence-corrected chi connectivity index (χ2v) is 7.28. The Morgan fingerprint density at radius 2 is 1.90 bits per heavy atom. The molecule has 1 amide bonds. The van der Waals surface area contributed by atoms with Gasteiger partial charge in [0.2, 0.25) is 5.91 Å². The highest BCUT2D eigenvalue weighted by Gasteiger charge is 2.52. The Bertz CT molecular complexity index is 1080. The van der Waals surface area contributed by atoms with Gasteiger partial charge in [-0.05, 0) is 40.5 Å². The van der Waals surface area contributed by atoms with Crippen LogP contribution in [0, 0.1) is 17.1 Å². The van der Waals surface area contributed by atoms with Crippen molar-refractivity contribution in [2.75, 3.05) is 6.61 Å². The van der Waals surface area contributed by atoms with E-state index in [9.17, 15) is 19.6 Å². The van der Waals surface area contributed by atoms with Crippen molar-refractivity contribution in [1.82, 2.24) is 9.88 Å². The summed E-state index contributed by atoms with van der Waals surface area (Å²) in [5, 5.41) is 19.9. The van der Waals surface area contributed by atoms with Crippen LogP contribution in [0.1, 0.15) is 17.0 Å². The van der Waals surface area contributed by atoms with Crippen molar-refractivity contribution in [2.24, 2.45) is 0 Å². The van der Waals surface area contributed by atoms with Crippen LogP contribution in [0.5, 0.6) is 0 Å². The molecule has 1 N–H and O–H groups in total. The maximum atomic E-state index is 13.4. The van der Waals surface area contributed by atoms with Crippen LogP contribution in [0.4, 0.5) is 4.39 Å². The van der Waals surface area contributed by atoms with Crippen molar-refractivity contribution >= 4 is 5.91 Å². The lowest BCUT2D eigenvalue weighted by Gasteiger charge is -2.52. The second-order valence-electron chi connectivity index (χ2n) is 7.28. The van der Waals surface area contributed by atoms with Gasteiger partial charge in [-0.2, -0.15) is 5.26 Å². The average molecular weight is 401 g/mol. The number of carbonyl (C=O) groups excluding carboxylic acids is 1. The third kappa shape index (κ3) is 3.56. The molecule has 1 fully saturated rings. The standard InChI is InChI=1S/C24H20FN3O2/c25-18-9-7-17(8-10-18)19-5-1-2-6-20(19)24-21(13-26)28(22(24)15-29)23(30)12-16-4-3-11-27-14-16/h1-11,14,21-22,24,29H,12,15H2/t21-,22-,24+/m0/s1. The van der Waals surface area contributed by atoms with E-state index < -0.39 is 12.1 Å². The summed E-state index contributed by atoms with van der Waals surface area (Å²) in [5.74, 6) is -0.876. The van der Waals surface area contributed by atoms with E-state index in [2.05, 4.69) is 11.1 Å². The average Bonchev–Trinajstić information content (AvgIpc) is 2.75. The Morgan fingerprint density at radius 3 is 2.57 bits per heavy atom. The molecule has 0 bridgehead atoms. The molecule has 1 aromatic heterocycles. The number of nitrogens with zero attached hydrogens (tertiary/aromatic N) is 3. The largest absolute Gasteiger partial charge is 0.394 e. The lowest BCUT2D eigenvalue weighted by atomic mass is 9.73. The van der Waals surface area contributed by atoms with Crippen LogP contribution >= 0.6 is 0 Å². The molecule has 0 radical (unpaired) electrons. The number of aliphatic hydroxyl groups excluding tert-OH is 1. The monoisotopic (exact) mass is 401 g/mol. The fourth-order valence-corrected chi connectivity index (χ4v) is 4.17. The molecule has 1 aliphatic rings. The first-order valence-electron chi connectivity index (χ1n) is 9.69. The van der Waals surface area contributed by atoms with E-state index in [-0.39, 0.29) is 30.7 Å². The zero-order valence-corrected chi connectivity index (χ0v) is 16.1. The van der Waals surface area contributed by atoms with E-state index in [0.29, 0.717) is 0 Å². The minimum Gasteiger partial charge on any atom is -0.394 e. The first kappa shape index (κ1) is 19.7. The van der Waals surface area contributed by atoms with Gasteiger partial charge in [0.15, 0.2) is 0 Å². The third-order valence-corrected chi connectivity index (χ3v) is 5.57. The van der Waals surface area contributed by atoms with Crippen molar-refractivity contribution in [3.63, 3.8) is 0 Å². The molecule has 1 saturated heterocycles. The number of pyridine rings is 1. The van der Waals surface area contributed by atoms with Crippen LogP contribution in [-0.4, -0.2) is 39.6 Å². The lowest BCUT2D eigenvalue weighted by molar-refractivity contribution is -0.146. The smallest absolute Gasteiger partial charge is 0.228 e. The maximum absolute atomic E-state index is 13.4. The molecule has 6 heteroatoms. The molecule has 2 aromatic carbocycles. The maximum Gasteiger partial charge on any atom is 0.228 e. The van der Waals surface area contributed by atoms with E-state index in [1.54, 1.807) is 36.7 Å². The summed E-state index contributed by atoms with van der Waals surface area (Å²) in [4.78, 5) is 18.4. The Balaban J connectivity index is 1.65. The van der Waals surface area contributed by atoms with Crippen molar-refractivity contribution in [3.05, 3.63) is 90.0 Å². The van der Waals surface area contributed by atoms with E-state index in [1.807, 2.05) is 24.3 Å². The molecule has 0 saturated carbocycles. The summed E-state index contributed by atoms with van der Waals surface area (Å²) in [6, 6.07) is 18.3. The zero-order chi connectivity index (χ0) is 21.1. The van der Waals surface area contributed by atoms with Crippen LogP contribution in [-0.2, 0) is 11.2 Å². The summed E-state index contributed by atoms with van der Waals surface area (Å²) >= 11 is 0. The number of aromatic nitrogens is 1. The highest BCUT2D eigenvalue weighted by atomic mass is 19.1. The van der Waals surface area contributed by atoms with Gasteiger partial charge in [-0.3, -0.25) is 9.78 Å². The van der Waals surface area contributed by atoms with Gasteiger partial charge in [-0.25, -0.2) is 4.39 Å². The summed E-state index contributed by atoms with van der Waals surface area (Å²) in [5.41, 5.74) is 3.30. The van der Waals surface area contributed by atoms with Crippen molar-refractivity contribution in [3.8, 4) is 17.2 Å². The predicted molar refractivity (Wildman–Crippen MR) is 110 cm³/mol. The zero-order valence-electron chi connectivity index (χ0n) is 16.1. The van der Waals surface area contributed by atoms with Crippen molar-refractivity contribution in [2.45, 2.75) is 24.4 Å². The van der Waals surface area contributed by atoms with Crippen LogP contribution in [0.2, 0.25) is 0 Å². The van der Waals surface area contributed by atoms with Crippen LogP contribution in [0.3, 0.4) is 0 Å². The van der Waals surface area contributed by atoms with Gasteiger partial charge in [0.25, 0.3) is 0 Å². The minimum absolute atomic E-state index is 0.120. The Labute approximate surface area is 174 Å². The number of amides is 1. The quantitative estimate of drug-likeness (QED) is 0.712. The van der Waals surface area contributed by atoms with E-state index in [1.165, 1.54) is 17.0 Å². The molecule has 0 aliphatic carbocycles. The number of rotatable bonds is 5. The highest BCUT2D eigenvalue weighted by Crippen LogP contribution is 2.44. The fourth-order valence-electron chi connectivity index (χ4n) is 4.17. The summed E-state index contributed by atoms with van der Waals surface area (Å²) in [6.07, 6.45) is 3.37. The van der Waals surface area contributed by atoms with Gasteiger partial charge in [-0.15, -0.1) is 0 Å². The number of carbonyl (C=O) groups is 1. The van der Waals surface area contributed by atoms with E-state index >= 15 is 0 Å². The molecule has 150 valence electrons. The molecule has 1 aliphatic heterocycles. The molecule has 3 aromatic rings. The van der Waals surface area contributed by atoms with Crippen LogP contribution < -0.4 is 0 Å². The number of hydrogen-bond acceptors (Lipinski definition) is 4.